The Kier molecular flexibility index (Phi) is 31.1. The third kappa shape index (κ3) is 237. The van der Waals surface area contributed by atoms with Crippen molar-refractivity contribution in [3.8, 4) is 0 Å². The van der Waals surface area contributed by atoms with Gasteiger partial charge >= 0.3 is 96.9 Å². The molecule has 13 heavy (non-hydrogen) atoms. The fourth-order valence-corrected chi connectivity index (χ4v) is 0. The van der Waals surface area contributed by atoms with E-state index in [0.29, 0.717) is 0 Å². The summed E-state index contributed by atoms with van der Waals surface area (Å²) in [5.74, 6) is 0. The molecule has 0 radical (unpaired) electrons. The van der Waals surface area contributed by atoms with Crippen LogP contribution >= 0.6 is 15.8 Å². The van der Waals surface area contributed by atoms with E-state index in [1.165, 1.54) is 0 Å². The van der Waals surface area contributed by atoms with Crippen LogP contribution in [0.4, 0.5) is 8.39 Å². The van der Waals surface area contributed by atoms with Gasteiger partial charge in [0.1, 0.15) is 15.8 Å². The summed E-state index contributed by atoms with van der Waals surface area (Å²) in [6.07, 6.45) is 0. The molecule has 0 rings (SSSR count). The van der Waals surface area contributed by atoms with Gasteiger partial charge < -0.3 is 28.7 Å². The molecule has 0 N–H and O–H groups in total. The Hall–Kier alpha value is 3.42. The van der Waals surface area contributed by atoms with Crippen molar-refractivity contribution in [1.82, 2.24) is 0 Å². The van der Waals surface area contributed by atoms with Gasteiger partial charge in [-0.3, -0.25) is 0 Å². The van der Waals surface area contributed by atoms with Gasteiger partial charge in [0, 0.05) is 0 Å². The third-order valence-electron chi connectivity index (χ3n) is 0. The maximum atomic E-state index is 10.1. The molecule has 64 valence electrons. The summed E-state index contributed by atoms with van der Waals surface area (Å²) in [6.45, 7) is 0. The summed E-state index contributed by atoms with van der Waals surface area (Å²) in [5, 5.41) is 0. The van der Waals surface area contributed by atoms with E-state index in [1.807, 2.05) is 0 Å². The Morgan fingerprint density at radius 2 is 0.769 bits per heavy atom. The van der Waals surface area contributed by atoms with Crippen LogP contribution in [0.1, 0.15) is 0 Å². The van der Waals surface area contributed by atoms with Crippen LogP contribution in [-0.4, -0.2) is 37.7 Å². The maximum Gasteiger partial charge on any atom is 2.00 e. The van der Waals surface area contributed by atoms with Gasteiger partial charge in [-0.25, -0.2) is 8.39 Å². The Balaban J connectivity index is -0.0000000267. The van der Waals surface area contributed by atoms with Gasteiger partial charge in [-0.05, 0) is 0 Å². The zero-order chi connectivity index (χ0) is 9.00. The second kappa shape index (κ2) is 13.5. The number of hydrogen-bond donors (Lipinski definition) is 0. The molecule has 0 saturated carbocycles. The van der Waals surface area contributed by atoms with Crippen molar-refractivity contribution >= 4 is 53.6 Å². The van der Waals surface area contributed by atoms with Gasteiger partial charge in [0.15, 0.2) is 0 Å². The predicted molar refractivity (Wildman–Crippen MR) is 23.2 cm³/mol. The molecule has 0 aromatic heterocycles. The first-order chi connectivity index (χ1) is 4.00. The topological polar surface area (TPSA) is 126 Å². The van der Waals surface area contributed by atoms with E-state index in [0.717, 1.165) is 0 Å². The van der Waals surface area contributed by atoms with Gasteiger partial charge in [0.2, 0.25) is 0 Å². The van der Waals surface area contributed by atoms with Gasteiger partial charge in [0.05, 0.1) is 0 Å². The molecule has 0 aromatic rings. The van der Waals surface area contributed by atoms with Crippen LogP contribution in [0.3, 0.4) is 0 Å². The molecule has 0 saturated heterocycles. The van der Waals surface area contributed by atoms with Crippen molar-refractivity contribution in [2.45, 2.75) is 0 Å². The standard InChI is InChI=1S/Ca.2FH2O3P.2Na/c;2*1-5(2,3)4;;/h;2*(H2,2,3,4);;/q+2;;;2*+1/p-4. The van der Waals surface area contributed by atoms with Crippen LogP contribution in [0.25, 0.3) is 0 Å². The van der Waals surface area contributed by atoms with Crippen molar-refractivity contribution in [3.05, 3.63) is 0 Å². The quantitative estimate of drug-likeness (QED) is 0.321. The fraction of sp³-hybridized carbons (Fsp3) is 0. The van der Waals surface area contributed by atoms with Gasteiger partial charge in [-0.1, -0.05) is 0 Å². The van der Waals surface area contributed by atoms with Gasteiger partial charge in [-0.15, -0.1) is 0 Å². The summed E-state index contributed by atoms with van der Waals surface area (Å²) < 4.78 is 37.1. The van der Waals surface area contributed by atoms with E-state index >= 15 is 0 Å². The molecule has 6 nitrogen and oxygen atoms in total. The molecule has 0 aliphatic rings. The van der Waals surface area contributed by atoms with E-state index in [2.05, 4.69) is 0 Å². The summed E-state index contributed by atoms with van der Waals surface area (Å²) in [6, 6.07) is 0. The van der Waals surface area contributed by atoms with Crippen molar-refractivity contribution < 1.29 is 96.2 Å². The monoisotopic (exact) mass is 282 g/mol. The zero-order valence-electron chi connectivity index (χ0n) is 6.81. The van der Waals surface area contributed by atoms with Crippen LogP contribution in [0.15, 0.2) is 0 Å². The molecule has 0 unspecified atom stereocenters. The zero-order valence-corrected chi connectivity index (χ0v) is 14.8. The predicted octanol–water partition coefficient (Wildman–Crippen LogP) is -8.80. The van der Waals surface area contributed by atoms with Crippen LogP contribution in [-0.2, 0) is 9.13 Å². The molecule has 13 heteroatoms. The second-order valence-corrected chi connectivity index (χ2v) is 2.58. The first kappa shape index (κ1) is 29.9. The van der Waals surface area contributed by atoms with E-state index < -0.39 is 15.8 Å². The molecule has 0 amide bonds. The Morgan fingerprint density at radius 3 is 0.769 bits per heavy atom. The van der Waals surface area contributed by atoms with Crippen molar-refractivity contribution in [1.29, 1.82) is 0 Å². The van der Waals surface area contributed by atoms with Crippen LogP contribution in [0.2, 0.25) is 0 Å². The molecule has 0 aromatic carbocycles. The molecule has 0 fully saturated rings. The van der Waals surface area contributed by atoms with Crippen molar-refractivity contribution in [2.24, 2.45) is 0 Å². The summed E-state index contributed by atoms with van der Waals surface area (Å²) >= 11 is 0. The minimum absolute atomic E-state index is 0. The van der Waals surface area contributed by atoms with Crippen molar-refractivity contribution in [2.75, 3.05) is 0 Å². The van der Waals surface area contributed by atoms with E-state index in [-0.39, 0.29) is 96.9 Å². The molecule has 0 spiro atoms. The molecular weight excluding hydrogens is 282 g/mol. The molecule has 0 bridgehead atoms. The average Bonchev–Trinajstić information content (AvgIpc) is 1.12. The Morgan fingerprint density at radius 1 is 0.769 bits per heavy atom. The second-order valence-electron chi connectivity index (χ2n) is 0.861. The molecular formula is CaF2Na2O6P2. The smallest absolute Gasteiger partial charge is 0.786 e. The first-order valence-corrected chi connectivity index (χ1v) is 4.30. The third-order valence-corrected chi connectivity index (χ3v) is 0. The summed E-state index contributed by atoms with van der Waals surface area (Å²) in [5.41, 5.74) is 0. The Bertz CT molecular complexity index is 139. The van der Waals surface area contributed by atoms with E-state index in [1.54, 1.807) is 0 Å². The SMILES string of the molecule is O=P([O-])([O-])F.O=P([O-])([O-])F.[Ca+2].[Na+].[Na+]. The first-order valence-electron chi connectivity index (χ1n) is 1.43. The normalized spacial score (nSPS) is 9.08. The van der Waals surface area contributed by atoms with Gasteiger partial charge in [0.25, 0.3) is 0 Å². The molecule has 0 aliphatic carbocycles. The number of halogens is 2. The Labute approximate surface area is 147 Å². The minimum Gasteiger partial charge on any atom is -0.786 e. The molecule has 0 aliphatic heterocycles. The van der Waals surface area contributed by atoms with Crippen LogP contribution in [0, 0.1) is 0 Å². The van der Waals surface area contributed by atoms with Crippen LogP contribution in [0.5, 0.6) is 0 Å². The number of hydrogen-bond acceptors (Lipinski definition) is 6. The van der Waals surface area contributed by atoms with E-state index in [9.17, 15) is 8.39 Å². The van der Waals surface area contributed by atoms with E-state index in [4.69, 9.17) is 28.7 Å². The van der Waals surface area contributed by atoms with Gasteiger partial charge in [-0.2, -0.15) is 0 Å². The largest absolute Gasteiger partial charge is 2.00 e. The molecule has 0 atom stereocenters. The minimum atomic E-state index is -5.64. The molecule has 0 heterocycles. The van der Waals surface area contributed by atoms with Crippen LogP contribution < -0.4 is 78.7 Å². The summed E-state index contributed by atoms with van der Waals surface area (Å²) in [7, 11) is -11.3. The average molecular weight is 282 g/mol. The maximum absolute atomic E-state index is 10.1. The number of rotatable bonds is 0. The fourth-order valence-electron chi connectivity index (χ4n) is 0. The summed E-state index contributed by atoms with van der Waals surface area (Å²) in [4.78, 5) is 33.8. The van der Waals surface area contributed by atoms with Crippen molar-refractivity contribution in [3.63, 3.8) is 0 Å².